The van der Waals surface area contributed by atoms with Gasteiger partial charge >= 0.3 is 0 Å². The summed E-state index contributed by atoms with van der Waals surface area (Å²) < 4.78 is 0. The highest BCUT2D eigenvalue weighted by molar-refractivity contribution is 6.01. The summed E-state index contributed by atoms with van der Waals surface area (Å²) in [5.74, 6) is 0. The molecule has 0 bridgehead atoms. The second-order valence-electron chi connectivity index (χ2n) is 5.78. The quantitative estimate of drug-likeness (QED) is 0.572. The Morgan fingerprint density at radius 2 is 1.30 bits per heavy atom. The van der Waals surface area contributed by atoms with Crippen LogP contribution in [0.3, 0.4) is 0 Å². The van der Waals surface area contributed by atoms with E-state index in [1.807, 2.05) is 12.1 Å². The highest BCUT2D eigenvalue weighted by Gasteiger charge is 2.05. The third kappa shape index (κ3) is 4.40. The van der Waals surface area contributed by atoms with Gasteiger partial charge in [0.25, 0.3) is 0 Å². The zero-order valence-corrected chi connectivity index (χ0v) is 13.4. The van der Waals surface area contributed by atoms with Gasteiger partial charge < -0.3 is 0 Å². The van der Waals surface area contributed by atoms with E-state index in [4.69, 9.17) is 4.99 Å². The van der Waals surface area contributed by atoms with Gasteiger partial charge in [0, 0.05) is 12.1 Å². The van der Waals surface area contributed by atoms with Gasteiger partial charge in [0.2, 0.25) is 0 Å². The molecule has 0 atom stereocenters. The zero-order valence-electron chi connectivity index (χ0n) is 13.4. The average Bonchev–Trinajstić information content (AvgIpc) is 2.62. The number of hydrogen-bond donors (Lipinski definition) is 0. The van der Waals surface area contributed by atoms with Gasteiger partial charge in [-0.15, -0.1) is 0 Å². The summed E-state index contributed by atoms with van der Waals surface area (Å²) in [6.07, 6.45) is 0.858. The van der Waals surface area contributed by atoms with Crippen LogP contribution in [0.2, 0.25) is 0 Å². The lowest BCUT2D eigenvalue weighted by Gasteiger charge is -2.08. The van der Waals surface area contributed by atoms with E-state index in [0.29, 0.717) is 0 Å². The predicted octanol–water partition coefficient (Wildman–Crippen LogP) is 5.23. The maximum absolute atomic E-state index is 4.90. The molecule has 0 spiro atoms. The molecule has 0 aromatic heterocycles. The van der Waals surface area contributed by atoms with Crippen LogP contribution in [-0.4, -0.2) is 5.71 Å². The standard InChI is InChI=1S/C22H21N/c1-18-12-14-19(15-13-18)16-22(21-10-6-3-7-11-21)23-17-20-8-4-2-5-9-20/h2-15H,16-17H2,1H3. The third-order valence-electron chi connectivity index (χ3n) is 3.89. The SMILES string of the molecule is Cc1ccc(CC(=NCc2ccccc2)c2ccccc2)cc1. The predicted molar refractivity (Wildman–Crippen MR) is 98.0 cm³/mol. The van der Waals surface area contributed by atoms with Crippen molar-refractivity contribution in [3.8, 4) is 0 Å². The molecule has 0 aliphatic heterocycles. The normalized spacial score (nSPS) is 11.4. The third-order valence-corrected chi connectivity index (χ3v) is 3.89. The minimum Gasteiger partial charge on any atom is -0.284 e. The molecule has 1 heteroatoms. The molecular weight excluding hydrogens is 278 g/mol. The van der Waals surface area contributed by atoms with Gasteiger partial charge in [0.1, 0.15) is 0 Å². The minimum absolute atomic E-state index is 0.719. The highest BCUT2D eigenvalue weighted by atomic mass is 14.7. The van der Waals surface area contributed by atoms with E-state index < -0.39 is 0 Å². The molecule has 0 radical (unpaired) electrons. The van der Waals surface area contributed by atoms with Gasteiger partial charge in [0.15, 0.2) is 0 Å². The van der Waals surface area contributed by atoms with Crippen LogP contribution < -0.4 is 0 Å². The van der Waals surface area contributed by atoms with Gasteiger partial charge in [-0.05, 0) is 23.6 Å². The van der Waals surface area contributed by atoms with Crippen molar-refractivity contribution in [1.82, 2.24) is 0 Å². The molecule has 0 fully saturated rings. The van der Waals surface area contributed by atoms with Crippen LogP contribution in [-0.2, 0) is 13.0 Å². The van der Waals surface area contributed by atoms with Gasteiger partial charge in [-0.25, -0.2) is 0 Å². The van der Waals surface area contributed by atoms with E-state index in [2.05, 4.69) is 79.7 Å². The molecule has 3 rings (SSSR count). The van der Waals surface area contributed by atoms with E-state index in [1.165, 1.54) is 22.3 Å². The fraction of sp³-hybridized carbons (Fsp3) is 0.136. The monoisotopic (exact) mass is 299 g/mol. The Kier molecular flexibility index (Phi) is 5.00. The lowest BCUT2D eigenvalue weighted by molar-refractivity contribution is 1.05. The Morgan fingerprint density at radius 3 is 1.96 bits per heavy atom. The van der Waals surface area contributed by atoms with Crippen molar-refractivity contribution in [2.75, 3.05) is 0 Å². The van der Waals surface area contributed by atoms with Crippen molar-refractivity contribution in [2.24, 2.45) is 4.99 Å². The molecule has 3 aromatic carbocycles. The van der Waals surface area contributed by atoms with E-state index in [0.717, 1.165) is 18.7 Å². The van der Waals surface area contributed by atoms with Crippen LogP contribution >= 0.6 is 0 Å². The Labute approximate surface area is 138 Å². The highest BCUT2D eigenvalue weighted by Crippen LogP contribution is 2.12. The molecule has 0 aliphatic rings. The lowest BCUT2D eigenvalue weighted by Crippen LogP contribution is -2.06. The molecule has 3 aromatic rings. The number of rotatable bonds is 5. The first kappa shape index (κ1) is 15.2. The maximum atomic E-state index is 4.90. The van der Waals surface area contributed by atoms with Crippen molar-refractivity contribution < 1.29 is 0 Å². The first-order chi connectivity index (χ1) is 11.3. The number of aliphatic imine (C=N–C) groups is 1. The maximum Gasteiger partial charge on any atom is 0.0643 e. The lowest BCUT2D eigenvalue weighted by atomic mass is 10.0. The number of benzene rings is 3. The summed E-state index contributed by atoms with van der Waals surface area (Å²) in [7, 11) is 0. The van der Waals surface area contributed by atoms with Crippen LogP contribution in [0.25, 0.3) is 0 Å². The Bertz CT molecular complexity index is 756. The van der Waals surface area contributed by atoms with E-state index in [1.54, 1.807) is 0 Å². The van der Waals surface area contributed by atoms with Crippen LogP contribution in [0.4, 0.5) is 0 Å². The van der Waals surface area contributed by atoms with Crippen molar-refractivity contribution in [3.63, 3.8) is 0 Å². The molecule has 0 saturated heterocycles. The van der Waals surface area contributed by atoms with Crippen LogP contribution in [0, 0.1) is 6.92 Å². The van der Waals surface area contributed by atoms with Gasteiger partial charge in [0.05, 0.1) is 6.54 Å². The Balaban J connectivity index is 1.86. The smallest absolute Gasteiger partial charge is 0.0643 e. The van der Waals surface area contributed by atoms with Gasteiger partial charge in [-0.3, -0.25) is 4.99 Å². The molecule has 0 heterocycles. The molecule has 114 valence electrons. The molecule has 0 amide bonds. The first-order valence-electron chi connectivity index (χ1n) is 7.99. The largest absolute Gasteiger partial charge is 0.284 e. The van der Waals surface area contributed by atoms with Gasteiger partial charge in [-0.1, -0.05) is 90.5 Å². The first-order valence-corrected chi connectivity index (χ1v) is 7.99. The second-order valence-corrected chi connectivity index (χ2v) is 5.78. The van der Waals surface area contributed by atoms with Crippen molar-refractivity contribution >= 4 is 5.71 Å². The minimum atomic E-state index is 0.719. The van der Waals surface area contributed by atoms with E-state index >= 15 is 0 Å². The molecule has 0 unspecified atom stereocenters. The molecular formula is C22H21N. The van der Waals surface area contributed by atoms with Crippen molar-refractivity contribution in [2.45, 2.75) is 19.9 Å². The van der Waals surface area contributed by atoms with Crippen LogP contribution in [0.1, 0.15) is 22.3 Å². The fourth-order valence-corrected chi connectivity index (χ4v) is 2.55. The molecule has 1 nitrogen and oxygen atoms in total. The van der Waals surface area contributed by atoms with E-state index in [9.17, 15) is 0 Å². The number of aryl methyl sites for hydroxylation is 1. The van der Waals surface area contributed by atoms with Gasteiger partial charge in [-0.2, -0.15) is 0 Å². The number of hydrogen-bond acceptors (Lipinski definition) is 1. The second kappa shape index (κ2) is 7.55. The topological polar surface area (TPSA) is 12.4 Å². The molecule has 0 aliphatic carbocycles. The van der Waals surface area contributed by atoms with Crippen molar-refractivity contribution in [1.29, 1.82) is 0 Å². The summed E-state index contributed by atoms with van der Waals surface area (Å²) in [6.45, 7) is 2.84. The molecule has 0 saturated carbocycles. The summed E-state index contributed by atoms with van der Waals surface area (Å²) in [5.41, 5.74) is 6.16. The molecule has 0 N–H and O–H groups in total. The summed E-state index contributed by atoms with van der Waals surface area (Å²) >= 11 is 0. The number of nitrogens with zero attached hydrogens (tertiary/aromatic N) is 1. The molecule has 23 heavy (non-hydrogen) atoms. The zero-order chi connectivity index (χ0) is 15.9. The Hall–Kier alpha value is -2.67. The summed E-state index contributed by atoms with van der Waals surface area (Å²) in [6, 6.07) is 29.6. The van der Waals surface area contributed by atoms with Crippen molar-refractivity contribution in [3.05, 3.63) is 107 Å². The average molecular weight is 299 g/mol. The van der Waals surface area contributed by atoms with Crippen LogP contribution in [0.15, 0.2) is 89.9 Å². The Morgan fingerprint density at radius 1 is 0.696 bits per heavy atom. The summed E-state index contributed by atoms with van der Waals surface area (Å²) in [5, 5.41) is 0. The fourth-order valence-electron chi connectivity index (χ4n) is 2.55. The van der Waals surface area contributed by atoms with E-state index in [-0.39, 0.29) is 0 Å². The van der Waals surface area contributed by atoms with Crippen LogP contribution in [0.5, 0.6) is 0 Å². The summed E-state index contributed by atoms with van der Waals surface area (Å²) in [4.78, 5) is 4.90.